The highest BCUT2D eigenvalue weighted by atomic mass is 16.5. The molecule has 0 aliphatic rings. The van der Waals surface area contributed by atoms with Crippen molar-refractivity contribution in [3.05, 3.63) is 65.5 Å². The van der Waals surface area contributed by atoms with Crippen molar-refractivity contribution in [2.24, 2.45) is 0 Å². The number of amides is 2. The number of aromatic nitrogens is 2. The first-order chi connectivity index (χ1) is 14.3. The molecule has 2 amide bonds. The monoisotopic (exact) mass is 406 g/mol. The van der Waals surface area contributed by atoms with Gasteiger partial charge < -0.3 is 14.7 Å². The third-order valence-electron chi connectivity index (χ3n) is 4.67. The first kappa shape index (κ1) is 21.2. The molecule has 7 heteroatoms. The Morgan fingerprint density at radius 2 is 1.83 bits per heavy atom. The standard InChI is InChI=1S/C23H26N4O3/c1-15(2)16-8-10-17(11-9-16)22-25-21(30-26-22)13-12-20(28)24-19-7-5-6-18(14-19)23(29)27(3)4/h5-11,14-15H,12-13H2,1-4H3,(H,24,28). The lowest BCUT2D eigenvalue weighted by Crippen LogP contribution is -2.22. The van der Waals surface area contributed by atoms with E-state index in [1.807, 2.05) is 12.1 Å². The molecule has 0 fully saturated rings. The van der Waals surface area contributed by atoms with Crippen LogP contribution in [0.25, 0.3) is 11.4 Å². The lowest BCUT2D eigenvalue weighted by molar-refractivity contribution is -0.116. The van der Waals surface area contributed by atoms with Gasteiger partial charge in [-0.25, -0.2) is 0 Å². The summed E-state index contributed by atoms with van der Waals surface area (Å²) in [6.07, 6.45) is 0.527. The number of hydrogen-bond acceptors (Lipinski definition) is 5. The fraction of sp³-hybridized carbons (Fsp3) is 0.304. The quantitative estimate of drug-likeness (QED) is 0.637. The summed E-state index contributed by atoms with van der Waals surface area (Å²) in [5.41, 5.74) is 3.21. The summed E-state index contributed by atoms with van der Waals surface area (Å²) in [4.78, 5) is 30.2. The van der Waals surface area contributed by atoms with Gasteiger partial charge in [0.15, 0.2) is 0 Å². The summed E-state index contributed by atoms with van der Waals surface area (Å²) in [5.74, 6) is 1.07. The van der Waals surface area contributed by atoms with E-state index >= 15 is 0 Å². The summed E-state index contributed by atoms with van der Waals surface area (Å²) in [7, 11) is 3.37. The first-order valence-electron chi connectivity index (χ1n) is 9.88. The molecule has 2 aromatic carbocycles. The van der Waals surface area contributed by atoms with Gasteiger partial charge in [-0.1, -0.05) is 49.3 Å². The van der Waals surface area contributed by atoms with Crippen LogP contribution in [0, 0.1) is 0 Å². The van der Waals surface area contributed by atoms with Gasteiger partial charge in [0.2, 0.25) is 17.6 Å². The van der Waals surface area contributed by atoms with Gasteiger partial charge in [-0.05, 0) is 29.7 Å². The number of aryl methyl sites for hydroxylation is 1. The van der Waals surface area contributed by atoms with E-state index < -0.39 is 0 Å². The van der Waals surface area contributed by atoms with E-state index in [-0.39, 0.29) is 18.2 Å². The van der Waals surface area contributed by atoms with Crippen LogP contribution < -0.4 is 5.32 Å². The highest BCUT2D eigenvalue weighted by Crippen LogP contribution is 2.21. The Hall–Kier alpha value is -3.48. The highest BCUT2D eigenvalue weighted by molar-refractivity contribution is 5.97. The van der Waals surface area contributed by atoms with Crippen LogP contribution in [-0.2, 0) is 11.2 Å². The SMILES string of the molecule is CC(C)c1ccc(-c2noc(CCC(=O)Nc3cccc(C(=O)N(C)C)c3)n2)cc1. The summed E-state index contributed by atoms with van der Waals surface area (Å²) in [5, 5.41) is 6.81. The molecular formula is C23H26N4O3. The minimum absolute atomic E-state index is 0.120. The van der Waals surface area contributed by atoms with Crippen LogP contribution >= 0.6 is 0 Å². The van der Waals surface area contributed by atoms with Gasteiger partial charge >= 0.3 is 0 Å². The molecule has 0 saturated carbocycles. The van der Waals surface area contributed by atoms with E-state index in [1.54, 1.807) is 38.4 Å². The zero-order valence-corrected chi connectivity index (χ0v) is 17.7. The molecule has 0 bridgehead atoms. The van der Waals surface area contributed by atoms with E-state index in [0.717, 1.165) is 5.56 Å². The minimum Gasteiger partial charge on any atom is -0.345 e. The van der Waals surface area contributed by atoms with Crippen molar-refractivity contribution >= 4 is 17.5 Å². The number of benzene rings is 2. The lowest BCUT2D eigenvalue weighted by Gasteiger charge is -2.11. The van der Waals surface area contributed by atoms with Crippen molar-refractivity contribution in [3.63, 3.8) is 0 Å². The van der Waals surface area contributed by atoms with Crippen molar-refractivity contribution in [2.75, 3.05) is 19.4 Å². The van der Waals surface area contributed by atoms with E-state index in [4.69, 9.17) is 4.52 Å². The van der Waals surface area contributed by atoms with Crippen LogP contribution in [0.4, 0.5) is 5.69 Å². The number of nitrogens with one attached hydrogen (secondary N) is 1. The Labute approximate surface area is 176 Å². The Kier molecular flexibility index (Phi) is 6.61. The highest BCUT2D eigenvalue weighted by Gasteiger charge is 2.13. The van der Waals surface area contributed by atoms with Gasteiger partial charge in [0, 0.05) is 43.8 Å². The van der Waals surface area contributed by atoms with Crippen LogP contribution in [0.2, 0.25) is 0 Å². The van der Waals surface area contributed by atoms with Gasteiger partial charge in [-0.3, -0.25) is 9.59 Å². The van der Waals surface area contributed by atoms with Crippen molar-refractivity contribution in [2.45, 2.75) is 32.6 Å². The van der Waals surface area contributed by atoms with E-state index in [2.05, 4.69) is 41.4 Å². The summed E-state index contributed by atoms with van der Waals surface area (Å²) in [6, 6.07) is 14.9. The molecule has 1 N–H and O–H groups in total. The topological polar surface area (TPSA) is 88.3 Å². The molecule has 1 heterocycles. The second-order valence-electron chi connectivity index (χ2n) is 7.62. The van der Waals surface area contributed by atoms with Crippen molar-refractivity contribution in [1.29, 1.82) is 0 Å². The summed E-state index contributed by atoms with van der Waals surface area (Å²) < 4.78 is 5.28. The Morgan fingerprint density at radius 3 is 2.50 bits per heavy atom. The van der Waals surface area contributed by atoms with Crippen LogP contribution in [0.5, 0.6) is 0 Å². The third-order valence-corrected chi connectivity index (χ3v) is 4.67. The normalized spacial score (nSPS) is 10.8. The molecule has 156 valence electrons. The largest absolute Gasteiger partial charge is 0.345 e. The molecule has 0 atom stereocenters. The Balaban J connectivity index is 1.57. The maximum absolute atomic E-state index is 12.3. The number of anilines is 1. The minimum atomic E-state index is -0.189. The van der Waals surface area contributed by atoms with Crippen molar-refractivity contribution in [3.8, 4) is 11.4 Å². The fourth-order valence-electron chi connectivity index (χ4n) is 2.92. The van der Waals surface area contributed by atoms with Crippen molar-refractivity contribution in [1.82, 2.24) is 15.0 Å². The van der Waals surface area contributed by atoms with Crippen LogP contribution in [0.15, 0.2) is 53.1 Å². The van der Waals surface area contributed by atoms with Gasteiger partial charge in [0.25, 0.3) is 5.91 Å². The summed E-state index contributed by atoms with van der Waals surface area (Å²) in [6.45, 7) is 4.28. The molecule has 30 heavy (non-hydrogen) atoms. The average Bonchev–Trinajstić information content (AvgIpc) is 3.21. The predicted octanol–water partition coefficient (Wildman–Crippen LogP) is 4.13. The molecule has 7 nitrogen and oxygen atoms in total. The maximum Gasteiger partial charge on any atom is 0.253 e. The van der Waals surface area contributed by atoms with E-state index in [0.29, 0.717) is 35.3 Å². The number of carbonyl (C=O) groups is 2. The third kappa shape index (κ3) is 5.31. The van der Waals surface area contributed by atoms with Gasteiger partial charge in [-0.15, -0.1) is 0 Å². The second kappa shape index (κ2) is 9.35. The molecule has 0 aliphatic heterocycles. The molecule has 0 spiro atoms. The molecule has 3 aromatic rings. The molecule has 0 unspecified atom stereocenters. The number of rotatable bonds is 7. The van der Waals surface area contributed by atoms with Crippen LogP contribution in [0.1, 0.15) is 48.0 Å². The van der Waals surface area contributed by atoms with Gasteiger partial charge in [-0.2, -0.15) is 4.98 Å². The van der Waals surface area contributed by atoms with Crippen LogP contribution in [-0.4, -0.2) is 41.0 Å². The molecule has 0 saturated heterocycles. The smallest absolute Gasteiger partial charge is 0.253 e. The average molecular weight is 406 g/mol. The zero-order valence-electron chi connectivity index (χ0n) is 17.7. The second-order valence-corrected chi connectivity index (χ2v) is 7.62. The predicted molar refractivity (Wildman–Crippen MR) is 115 cm³/mol. The zero-order chi connectivity index (χ0) is 21.7. The number of hydrogen-bond donors (Lipinski definition) is 1. The van der Waals surface area contributed by atoms with E-state index in [9.17, 15) is 9.59 Å². The van der Waals surface area contributed by atoms with Crippen molar-refractivity contribution < 1.29 is 14.1 Å². The summed E-state index contributed by atoms with van der Waals surface area (Å²) >= 11 is 0. The Bertz CT molecular complexity index is 1020. The molecule has 0 radical (unpaired) electrons. The molecular weight excluding hydrogens is 380 g/mol. The van der Waals surface area contributed by atoms with Crippen LogP contribution in [0.3, 0.4) is 0 Å². The first-order valence-corrected chi connectivity index (χ1v) is 9.88. The van der Waals surface area contributed by atoms with E-state index in [1.165, 1.54) is 10.5 Å². The van der Waals surface area contributed by atoms with Gasteiger partial charge in [0.1, 0.15) is 0 Å². The number of carbonyl (C=O) groups excluding carboxylic acids is 2. The number of nitrogens with zero attached hydrogens (tertiary/aromatic N) is 3. The fourth-order valence-corrected chi connectivity index (χ4v) is 2.92. The molecule has 0 aliphatic carbocycles. The Morgan fingerprint density at radius 1 is 1.10 bits per heavy atom. The lowest BCUT2D eigenvalue weighted by atomic mass is 10.0. The maximum atomic E-state index is 12.3. The molecule has 3 rings (SSSR count). The molecule has 1 aromatic heterocycles. The van der Waals surface area contributed by atoms with Gasteiger partial charge in [0.05, 0.1) is 0 Å².